The van der Waals surface area contributed by atoms with Crippen molar-refractivity contribution in [3.63, 3.8) is 0 Å². The summed E-state index contributed by atoms with van der Waals surface area (Å²) in [6.45, 7) is 4.02. The fourth-order valence-corrected chi connectivity index (χ4v) is 3.37. The quantitative estimate of drug-likeness (QED) is 0.535. The largest absolute Gasteiger partial charge is 0.298 e. The highest BCUT2D eigenvalue weighted by molar-refractivity contribution is 5.89. The number of rotatable bonds is 6. The van der Waals surface area contributed by atoms with E-state index in [1.54, 1.807) is 6.20 Å². The number of benzene rings is 1. The van der Waals surface area contributed by atoms with E-state index < -0.39 is 0 Å². The SMILES string of the molecule is Cc1ccc(CCCC(=O)Nc2nccc(-c3c(C)nc4ccccn34)n2)cc1. The minimum atomic E-state index is -0.0795. The Balaban J connectivity index is 1.43. The Morgan fingerprint density at radius 3 is 2.69 bits per heavy atom. The first kappa shape index (κ1) is 18.8. The van der Waals surface area contributed by atoms with Crippen LogP contribution in [0.2, 0.25) is 0 Å². The second-order valence-corrected chi connectivity index (χ2v) is 7.13. The van der Waals surface area contributed by atoms with E-state index in [1.807, 2.05) is 41.8 Å². The Morgan fingerprint density at radius 2 is 1.86 bits per heavy atom. The first-order chi connectivity index (χ1) is 14.1. The molecule has 4 aromatic rings. The van der Waals surface area contributed by atoms with Gasteiger partial charge < -0.3 is 0 Å². The van der Waals surface area contributed by atoms with Gasteiger partial charge in [0.2, 0.25) is 11.9 Å². The lowest BCUT2D eigenvalue weighted by molar-refractivity contribution is -0.116. The van der Waals surface area contributed by atoms with Crippen LogP contribution in [0.4, 0.5) is 5.95 Å². The second kappa shape index (κ2) is 8.22. The summed E-state index contributed by atoms with van der Waals surface area (Å²) in [5, 5.41) is 2.82. The number of nitrogens with one attached hydrogen (secondary N) is 1. The van der Waals surface area contributed by atoms with E-state index in [4.69, 9.17) is 0 Å². The summed E-state index contributed by atoms with van der Waals surface area (Å²) in [4.78, 5) is 25.6. The Labute approximate surface area is 169 Å². The van der Waals surface area contributed by atoms with E-state index in [1.165, 1.54) is 11.1 Å². The van der Waals surface area contributed by atoms with E-state index in [2.05, 4.69) is 51.5 Å². The van der Waals surface area contributed by atoms with Gasteiger partial charge in [0, 0.05) is 18.8 Å². The van der Waals surface area contributed by atoms with Crippen molar-refractivity contribution in [3.05, 3.63) is 77.7 Å². The van der Waals surface area contributed by atoms with Gasteiger partial charge in [-0.15, -0.1) is 0 Å². The molecule has 0 aliphatic rings. The monoisotopic (exact) mass is 385 g/mol. The van der Waals surface area contributed by atoms with Crippen LogP contribution in [0.25, 0.3) is 17.0 Å². The molecule has 0 spiro atoms. The minimum Gasteiger partial charge on any atom is -0.298 e. The third kappa shape index (κ3) is 4.32. The van der Waals surface area contributed by atoms with E-state index >= 15 is 0 Å². The molecule has 29 heavy (non-hydrogen) atoms. The predicted molar refractivity (Wildman–Crippen MR) is 114 cm³/mol. The summed E-state index contributed by atoms with van der Waals surface area (Å²) >= 11 is 0. The minimum absolute atomic E-state index is 0.0795. The van der Waals surface area contributed by atoms with Crippen molar-refractivity contribution >= 4 is 17.5 Å². The van der Waals surface area contributed by atoms with Crippen molar-refractivity contribution in [2.45, 2.75) is 33.1 Å². The zero-order valence-corrected chi connectivity index (χ0v) is 16.6. The van der Waals surface area contributed by atoms with Crippen LogP contribution in [0.15, 0.2) is 60.9 Å². The third-order valence-electron chi connectivity index (χ3n) is 4.84. The molecule has 0 unspecified atom stereocenters. The highest BCUT2D eigenvalue weighted by Crippen LogP contribution is 2.23. The highest BCUT2D eigenvalue weighted by atomic mass is 16.1. The van der Waals surface area contributed by atoms with Crippen molar-refractivity contribution < 1.29 is 4.79 Å². The smallest absolute Gasteiger partial charge is 0.229 e. The Morgan fingerprint density at radius 1 is 1.03 bits per heavy atom. The molecule has 146 valence electrons. The van der Waals surface area contributed by atoms with Crippen molar-refractivity contribution in [3.8, 4) is 11.4 Å². The molecule has 3 heterocycles. The summed E-state index contributed by atoms with van der Waals surface area (Å²) in [5.74, 6) is 0.234. The lowest BCUT2D eigenvalue weighted by Gasteiger charge is -2.07. The molecule has 6 heteroatoms. The number of anilines is 1. The number of imidazole rings is 1. The zero-order valence-electron chi connectivity index (χ0n) is 16.6. The standard InChI is InChI=1S/C23H23N5O/c1-16-9-11-18(12-10-16)6-5-8-21(29)27-23-24-14-13-19(26-23)22-17(2)25-20-7-3-4-15-28(20)22/h3-4,7,9-15H,5-6,8H2,1-2H3,(H,24,26,27,29). The van der Waals surface area contributed by atoms with Crippen LogP contribution in [0.5, 0.6) is 0 Å². The molecule has 1 N–H and O–H groups in total. The lowest BCUT2D eigenvalue weighted by Crippen LogP contribution is -2.14. The van der Waals surface area contributed by atoms with Gasteiger partial charge in [-0.1, -0.05) is 35.9 Å². The average molecular weight is 385 g/mol. The molecule has 0 saturated carbocycles. The van der Waals surface area contributed by atoms with Gasteiger partial charge in [0.1, 0.15) is 5.65 Å². The van der Waals surface area contributed by atoms with Crippen LogP contribution in [0.1, 0.15) is 29.7 Å². The number of carbonyl (C=O) groups excluding carboxylic acids is 1. The number of aromatic nitrogens is 4. The number of carbonyl (C=O) groups is 1. The molecular weight excluding hydrogens is 362 g/mol. The van der Waals surface area contributed by atoms with Crippen molar-refractivity contribution in [1.82, 2.24) is 19.4 Å². The molecule has 0 fully saturated rings. The van der Waals surface area contributed by atoms with Crippen LogP contribution in [0.3, 0.4) is 0 Å². The molecule has 0 radical (unpaired) electrons. The lowest BCUT2D eigenvalue weighted by atomic mass is 10.1. The Hall–Kier alpha value is -3.54. The van der Waals surface area contributed by atoms with Crippen LogP contribution in [-0.4, -0.2) is 25.3 Å². The molecule has 0 aliphatic carbocycles. The summed E-state index contributed by atoms with van der Waals surface area (Å²) in [5.41, 5.74) is 5.85. The van der Waals surface area contributed by atoms with E-state index in [0.717, 1.165) is 35.6 Å². The van der Waals surface area contributed by atoms with Crippen LogP contribution in [-0.2, 0) is 11.2 Å². The van der Waals surface area contributed by atoms with Gasteiger partial charge in [-0.05, 0) is 50.5 Å². The molecule has 0 aliphatic heterocycles. The molecule has 1 amide bonds. The van der Waals surface area contributed by atoms with E-state index in [9.17, 15) is 4.79 Å². The summed E-state index contributed by atoms with van der Waals surface area (Å²) in [6.07, 6.45) is 5.69. The van der Waals surface area contributed by atoms with Gasteiger partial charge in [0.15, 0.2) is 0 Å². The second-order valence-electron chi connectivity index (χ2n) is 7.13. The van der Waals surface area contributed by atoms with Crippen LogP contribution >= 0.6 is 0 Å². The first-order valence-corrected chi connectivity index (χ1v) is 9.72. The number of amides is 1. The van der Waals surface area contributed by atoms with Crippen LogP contribution < -0.4 is 5.32 Å². The molecule has 1 aromatic carbocycles. The molecule has 6 nitrogen and oxygen atoms in total. The van der Waals surface area contributed by atoms with Gasteiger partial charge >= 0.3 is 0 Å². The maximum atomic E-state index is 12.3. The average Bonchev–Trinajstić information content (AvgIpc) is 3.05. The highest BCUT2D eigenvalue weighted by Gasteiger charge is 2.13. The van der Waals surface area contributed by atoms with E-state index in [-0.39, 0.29) is 5.91 Å². The Kier molecular flexibility index (Phi) is 5.33. The molecule has 0 bridgehead atoms. The van der Waals surface area contributed by atoms with Gasteiger partial charge in [0.05, 0.1) is 17.1 Å². The number of pyridine rings is 1. The molecule has 4 rings (SSSR count). The summed E-state index contributed by atoms with van der Waals surface area (Å²) < 4.78 is 1.99. The topological polar surface area (TPSA) is 72.2 Å². The first-order valence-electron chi connectivity index (χ1n) is 9.72. The number of fused-ring (bicyclic) bond motifs is 1. The number of hydrogen-bond donors (Lipinski definition) is 1. The summed E-state index contributed by atoms with van der Waals surface area (Å²) in [6, 6.07) is 16.1. The number of aryl methyl sites for hydroxylation is 3. The van der Waals surface area contributed by atoms with Crippen LogP contribution in [0, 0.1) is 13.8 Å². The maximum Gasteiger partial charge on any atom is 0.229 e. The fraction of sp³-hybridized carbons (Fsp3) is 0.217. The van der Waals surface area contributed by atoms with Gasteiger partial charge in [-0.2, -0.15) is 0 Å². The number of nitrogens with zero attached hydrogens (tertiary/aromatic N) is 4. The fourth-order valence-electron chi connectivity index (χ4n) is 3.37. The van der Waals surface area contributed by atoms with Crippen molar-refractivity contribution in [2.24, 2.45) is 0 Å². The van der Waals surface area contributed by atoms with E-state index in [0.29, 0.717) is 12.4 Å². The number of hydrogen-bond acceptors (Lipinski definition) is 4. The van der Waals surface area contributed by atoms with Crippen molar-refractivity contribution in [1.29, 1.82) is 0 Å². The molecule has 0 atom stereocenters. The normalized spacial score (nSPS) is 11.0. The Bertz CT molecular complexity index is 1150. The van der Waals surface area contributed by atoms with Crippen molar-refractivity contribution in [2.75, 3.05) is 5.32 Å². The van der Waals surface area contributed by atoms with Gasteiger partial charge in [0.25, 0.3) is 0 Å². The predicted octanol–water partition coefficient (Wildman–Crippen LogP) is 4.37. The third-order valence-corrected chi connectivity index (χ3v) is 4.84. The molecule has 3 aromatic heterocycles. The zero-order chi connectivity index (χ0) is 20.2. The maximum absolute atomic E-state index is 12.3. The summed E-state index contributed by atoms with van der Waals surface area (Å²) in [7, 11) is 0. The van der Waals surface area contributed by atoms with Gasteiger partial charge in [-0.3, -0.25) is 14.5 Å². The molecule has 0 saturated heterocycles. The van der Waals surface area contributed by atoms with Gasteiger partial charge in [-0.25, -0.2) is 15.0 Å². The molecular formula is C23H23N5O.